The third kappa shape index (κ3) is 4.56. The van der Waals surface area contributed by atoms with Crippen molar-refractivity contribution >= 4 is 10.9 Å². The van der Waals surface area contributed by atoms with Crippen molar-refractivity contribution in [1.82, 2.24) is 14.8 Å². The quantitative estimate of drug-likeness (QED) is 0.719. The molecule has 0 fully saturated rings. The summed E-state index contributed by atoms with van der Waals surface area (Å²) in [6, 6.07) is 8.80. The predicted molar refractivity (Wildman–Crippen MR) is 88.7 cm³/mol. The van der Waals surface area contributed by atoms with Gasteiger partial charge in [-0.2, -0.15) is 0 Å². The highest BCUT2D eigenvalue weighted by Crippen LogP contribution is 2.20. The van der Waals surface area contributed by atoms with Crippen molar-refractivity contribution in [2.45, 2.75) is 19.5 Å². The molecule has 0 saturated carbocycles. The summed E-state index contributed by atoms with van der Waals surface area (Å²) in [6.07, 6.45) is 3.38. The third-order valence-corrected chi connectivity index (χ3v) is 3.71. The van der Waals surface area contributed by atoms with E-state index in [1.54, 1.807) is 7.11 Å². The minimum Gasteiger partial charge on any atom is -0.383 e. The minimum atomic E-state index is 0.752. The van der Waals surface area contributed by atoms with Crippen LogP contribution in [0.2, 0.25) is 0 Å². The standard InChI is InChI=1S/C17H27N3O/c1-19(2)10-5-11-20-12-8-16-15(6-4-7-17(16)20)14-18-9-13-21-3/h4,6-8,12,18H,5,9-11,13-14H2,1-3H3. The van der Waals surface area contributed by atoms with Gasteiger partial charge in [-0.25, -0.2) is 0 Å². The lowest BCUT2D eigenvalue weighted by Crippen LogP contribution is -2.18. The number of hydrogen-bond acceptors (Lipinski definition) is 3. The molecule has 1 aromatic carbocycles. The zero-order valence-electron chi connectivity index (χ0n) is 13.4. The average Bonchev–Trinajstić information content (AvgIpc) is 2.87. The Labute approximate surface area is 127 Å². The van der Waals surface area contributed by atoms with Gasteiger partial charge in [-0.3, -0.25) is 0 Å². The first-order valence-electron chi connectivity index (χ1n) is 7.63. The summed E-state index contributed by atoms with van der Waals surface area (Å²) in [5.41, 5.74) is 2.69. The topological polar surface area (TPSA) is 29.4 Å². The van der Waals surface area contributed by atoms with Crippen LogP contribution in [-0.4, -0.2) is 50.4 Å². The van der Waals surface area contributed by atoms with Gasteiger partial charge in [0.2, 0.25) is 0 Å². The van der Waals surface area contributed by atoms with E-state index in [2.05, 4.69) is 59.3 Å². The molecule has 116 valence electrons. The monoisotopic (exact) mass is 289 g/mol. The Bertz CT molecular complexity index is 548. The number of hydrogen-bond donors (Lipinski definition) is 1. The molecule has 0 aliphatic carbocycles. The fourth-order valence-electron chi connectivity index (χ4n) is 2.59. The molecular weight excluding hydrogens is 262 g/mol. The van der Waals surface area contributed by atoms with Crippen LogP contribution in [0.4, 0.5) is 0 Å². The Balaban J connectivity index is 2.02. The first kappa shape index (κ1) is 16.0. The first-order valence-corrected chi connectivity index (χ1v) is 7.63. The van der Waals surface area contributed by atoms with Gasteiger partial charge >= 0.3 is 0 Å². The molecule has 1 aromatic heterocycles. The van der Waals surface area contributed by atoms with Crippen LogP contribution < -0.4 is 5.32 Å². The largest absolute Gasteiger partial charge is 0.383 e. The second-order valence-corrected chi connectivity index (χ2v) is 5.69. The number of benzene rings is 1. The summed E-state index contributed by atoms with van der Waals surface area (Å²) in [5, 5.41) is 4.78. The number of rotatable bonds is 9. The van der Waals surface area contributed by atoms with Crippen molar-refractivity contribution < 1.29 is 4.74 Å². The molecule has 4 heteroatoms. The van der Waals surface area contributed by atoms with E-state index in [0.717, 1.165) is 32.8 Å². The molecule has 0 atom stereocenters. The fourth-order valence-corrected chi connectivity index (χ4v) is 2.59. The molecule has 2 aromatic rings. The summed E-state index contributed by atoms with van der Waals surface area (Å²) in [4.78, 5) is 2.23. The molecule has 4 nitrogen and oxygen atoms in total. The van der Waals surface area contributed by atoms with Crippen LogP contribution in [0.15, 0.2) is 30.5 Å². The van der Waals surface area contributed by atoms with Gasteiger partial charge in [0.15, 0.2) is 0 Å². The van der Waals surface area contributed by atoms with Crippen LogP contribution in [0.3, 0.4) is 0 Å². The molecule has 21 heavy (non-hydrogen) atoms. The number of aromatic nitrogens is 1. The first-order chi connectivity index (χ1) is 10.2. The highest BCUT2D eigenvalue weighted by molar-refractivity contribution is 5.83. The highest BCUT2D eigenvalue weighted by Gasteiger charge is 2.05. The van der Waals surface area contributed by atoms with Gasteiger partial charge in [0.1, 0.15) is 0 Å². The predicted octanol–water partition coefficient (Wildman–Crippen LogP) is 2.33. The Morgan fingerprint density at radius 1 is 1.24 bits per heavy atom. The van der Waals surface area contributed by atoms with Gasteiger partial charge in [-0.1, -0.05) is 12.1 Å². The van der Waals surface area contributed by atoms with Crippen molar-refractivity contribution in [3.8, 4) is 0 Å². The molecule has 0 spiro atoms. The van der Waals surface area contributed by atoms with Crippen LogP contribution in [0, 0.1) is 0 Å². The van der Waals surface area contributed by atoms with Gasteiger partial charge in [0.05, 0.1) is 6.61 Å². The van der Waals surface area contributed by atoms with Gasteiger partial charge in [0, 0.05) is 43.8 Å². The fraction of sp³-hybridized carbons (Fsp3) is 0.529. The van der Waals surface area contributed by atoms with E-state index in [0.29, 0.717) is 0 Å². The summed E-state index contributed by atoms with van der Waals surface area (Å²) >= 11 is 0. The van der Waals surface area contributed by atoms with Gasteiger partial charge in [-0.15, -0.1) is 0 Å². The Morgan fingerprint density at radius 3 is 2.86 bits per heavy atom. The molecule has 1 N–H and O–H groups in total. The zero-order valence-corrected chi connectivity index (χ0v) is 13.4. The van der Waals surface area contributed by atoms with E-state index < -0.39 is 0 Å². The normalized spacial score (nSPS) is 11.6. The molecule has 1 heterocycles. The summed E-state index contributed by atoms with van der Waals surface area (Å²) < 4.78 is 7.42. The maximum absolute atomic E-state index is 5.06. The Hall–Kier alpha value is -1.36. The van der Waals surface area contributed by atoms with Crippen LogP contribution in [0.5, 0.6) is 0 Å². The molecule has 0 saturated heterocycles. The van der Waals surface area contributed by atoms with Crippen LogP contribution >= 0.6 is 0 Å². The second-order valence-electron chi connectivity index (χ2n) is 5.69. The van der Waals surface area contributed by atoms with Gasteiger partial charge < -0.3 is 19.5 Å². The lowest BCUT2D eigenvalue weighted by Gasteiger charge is -2.11. The number of ether oxygens (including phenoxy) is 1. The second kappa shape index (κ2) is 8.17. The minimum absolute atomic E-state index is 0.752. The van der Waals surface area contributed by atoms with Crippen LogP contribution in [0.1, 0.15) is 12.0 Å². The number of aryl methyl sites for hydroxylation is 1. The molecule has 0 bridgehead atoms. The van der Waals surface area contributed by atoms with E-state index in [1.807, 2.05) is 0 Å². The SMILES string of the molecule is COCCNCc1cccc2c1ccn2CCCN(C)C. The lowest BCUT2D eigenvalue weighted by atomic mass is 10.1. The van der Waals surface area contributed by atoms with Crippen molar-refractivity contribution in [2.24, 2.45) is 0 Å². The maximum Gasteiger partial charge on any atom is 0.0587 e. The van der Waals surface area contributed by atoms with Crippen LogP contribution in [0.25, 0.3) is 10.9 Å². The summed E-state index contributed by atoms with van der Waals surface area (Å²) in [5.74, 6) is 0. The molecule has 2 rings (SSSR count). The summed E-state index contributed by atoms with van der Waals surface area (Å²) in [7, 11) is 5.98. The van der Waals surface area contributed by atoms with E-state index in [9.17, 15) is 0 Å². The molecular formula is C17H27N3O. The molecule has 0 radical (unpaired) electrons. The van der Waals surface area contributed by atoms with Crippen molar-refractivity contribution in [3.63, 3.8) is 0 Å². The summed E-state index contributed by atoms with van der Waals surface area (Å²) in [6.45, 7) is 4.72. The number of nitrogens with one attached hydrogen (secondary N) is 1. The van der Waals surface area contributed by atoms with Crippen molar-refractivity contribution in [2.75, 3.05) is 40.9 Å². The van der Waals surface area contributed by atoms with Crippen LogP contribution in [-0.2, 0) is 17.8 Å². The van der Waals surface area contributed by atoms with E-state index in [-0.39, 0.29) is 0 Å². The Morgan fingerprint density at radius 2 is 2.10 bits per heavy atom. The number of nitrogens with zero attached hydrogens (tertiary/aromatic N) is 2. The molecule has 0 amide bonds. The molecule has 0 aliphatic rings. The van der Waals surface area contributed by atoms with E-state index in [1.165, 1.54) is 22.9 Å². The highest BCUT2D eigenvalue weighted by atomic mass is 16.5. The van der Waals surface area contributed by atoms with Gasteiger partial charge in [0.25, 0.3) is 0 Å². The average molecular weight is 289 g/mol. The van der Waals surface area contributed by atoms with Gasteiger partial charge in [-0.05, 0) is 44.8 Å². The van der Waals surface area contributed by atoms with E-state index >= 15 is 0 Å². The molecule has 0 aliphatic heterocycles. The van der Waals surface area contributed by atoms with E-state index in [4.69, 9.17) is 4.74 Å². The van der Waals surface area contributed by atoms with Crippen molar-refractivity contribution in [1.29, 1.82) is 0 Å². The van der Waals surface area contributed by atoms with Crippen molar-refractivity contribution in [3.05, 3.63) is 36.0 Å². The third-order valence-electron chi connectivity index (χ3n) is 3.71. The molecule has 0 unspecified atom stereocenters. The Kier molecular flexibility index (Phi) is 6.23. The zero-order chi connectivity index (χ0) is 15.1. The smallest absolute Gasteiger partial charge is 0.0587 e. The lowest BCUT2D eigenvalue weighted by molar-refractivity contribution is 0.199. The number of fused-ring (bicyclic) bond motifs is 1. The maximum atomic E-state index is 5.06. The number of methoxy groups -OCH3 is 1.